The Kier molecular flexibility index (Phi) is 3.71. The van der Waals surface area contributed by atoms with Crippen LogP contribution in [-0.4, -0.2) is 41.7 Å². The zero-order valence-corrected chi connectivity index (χ0v) is 7.57. The van der Waals surface area contributed by atoms with Gasteiger partial charge in [-0.25, -0.2) is 6.57 Å². The highest BCUT2D eigenvalue weighted by molar-refractivity contribution is 5.80. The number of aliphatic hydroxyl groups is 1. The molecule has 0 aromatic heterocycles. The van der Waals surface area contributed by atoms with Crippen LogP contribution in [0.3, 0.4) is 0 Å². The molecule has 1 rings (SSSR count). The molecule has 4 nitrogen and oxygen atoms in total. The quantitative estimate of drug-likeness (QED) is 0.623. The SMILES string of the molecule is [C-]#[N+]CC(=O)N1CCCCC1CO. The van der Waals surface area contributed by atoms with Gasteiger partial charge in [-0.05, 0) is 19.3 Å². The molecule has 0 saturated carbocycles. The van der Waals surface area contributed by atoms with Crippen LogP contribution in [0.5, 0.6) is 0 Å². The number of likely N-dealkylation sites (tertiary alicyclic amines) is 1. The normalized spacial score (nSPS) is 22.5. The average molecular weight is 182 g/mol. The van der Waals surface area contributed by atoms with Crippen molar-refractivity contribution in [2.45, 2.75) is 25.3 Å². The van der Waals surface area contributed by atoms with Gasteiger partial charge in [0.15, 0.2) is 0 Å². The molecule has 0 radical (unpaired) electrons. The van der Waals surface area contributed by atoms with Gasteiger partial charge in [-0.15, -0.1) is 0 Å². The number of hydrogen-bond donors (Lipinski definition) is 1. The molecule has 1 amide bonds. The van der Waals surface area contributed by atoms with E-state index in [1.54, 1.807) is 4.90 Å². The summed E-state index contributed by atoms with van der Waals surface area (Å²) in [5, 5.41) is 9.01. The van der Waals surface area contributed by atoms with Crippen molar-refractivity contribution in [1.82, 2.24) is 4.90 Å². The molecule has 0 aromatic rings. The van der Waals surface area contributed by atoms with Gasteiger partial charge in [0, 0.05) is 6.54 Å². The molecule has 4 heteroatoms. The van der Waals surface area contributed by atoms with Crippen LogP contribution in [0, 0.1) is 6.57 Å². The van der Waals surface area contributed by atoms with Crippen molar-refractivity contribution in [1.29, 1.82) is 0 Å². The first-order valence-corrected chi connectivity index (χ1v) is 4.53. The largest absolute Gasteiger partial charge is 0.394 e. The molecule has 1 fully saturated rings. The monoisotopic (exact) mass is 182 g/mol. The highest BCUT2D eigenvalue weighted by atomic mass is 16.3. The lowest BCUT2D eigenvalue weighted by atomic mass is 10.0. The predicted octanol–water partition coefficient (Wildman–Crippen LogP) is 0.279. The Morgan fingerprint density at radius 3 is 3.00 bits per heavy atom. The van der Waals surface area contributed by atoms with Crippen LogP contribution in [0.4, 0.5) is 0 Å². The molecule has 1 saturated heterocycles. The standard InChI is InChI=1S/C9H14N2O2/c1-10-6-9(13)11-5-3-2-4-8(11)7-12/h8,12H,2-7H2. The molecule has 0 bridgehead atoms. The van der Waals surface area contributed by atoms with Gasteiger partial charge in [-0.1, -0.05) is 0 Å². The Balaban J connectivity index is 2.54. The zero-order chi connectivity index (χ0) is 9.68. The first-order valence-electron chi connectivity index (χ1n) is 4.53. The lowest BCUT2D eigenvalue weighted by Gasteiger charge is -2.33. The molecule has 0 aliphatic carbocycles. The average Bonchev–Trinajstić information content (AvgIpc) is 2.18. The molecule has 1 atom stereocenters. The van der Waals surface area contributed by atoms with Gasteiger partial charge in [0.25, 0.3) is 6.54 Å². The van der Waals surface area contributed by atoms with E-state index in [0.717, 1.165) is 19.3 Å². The second-order valence-corrected chi connectivity index (χ2v) is 3.24. The number of rotatable bonds is 2. The minimum atomic E-state index is -0.145. The Morgan fingerprint density at radius 1 is 1.62 bits per heavy atom. The fourth-order valence-electron chi connectivity index (χ4n) is 1.68. The first kappa shape index (κ1) is 10.0. The summed E-state index contributed by atoms with van der Waals surface area (Å²) in [6, 6.07) is -0.0528. The number of carbonyl (C=O) groups is 1. The fourth-order valence-corrected chi connectivity index (χ4v) is 1.68. The number of carbonyl (C=O) groups excluding carboxylic acids is 1. The summed E-state index contributed by atoms with van der Waals surface area (Å²) in [4.78, 5) is 16.1. The Bertz CT molecular complexity index is 222. The number of amides is 1. The Morgan fingerprint density at radius 2 is 2.38 bits per heavy atom. The minimum absolute atomic E-state index is 0.0176. The van der Waals surface area contributed by atoms with Crippen molar-refractivity contribution < 1.29 is 9.90 Å². The summed E-state index contributed by atoms with van der Waals surface area (Å²) in [6.45, 7) is 7.21. The maximum Gasteiger partial charge on any atom is 0.303 e. The number of nitrogens with zero attached hydrogens (tertiary/aromatic N) is 2. The van der Waals surface area contributed by atoms with Crippen molar-refractivity contribution in [2.75, 3.05) is 19.7 Å². The van der Waals surface area contributed by atoms with Gasteiger partial charge in [0.05, 0.1) is 12.6 Å². The molecule has 1 aliphatic rings. The predicted molar refractivity (Wildman–Crippen MR) is 47.9 cm³/mol. The van der Waals surface area contributed by atoms with Crippen molar-refractivity contribution in [2.24, 2.45) is 0 Å². The number of piperidine rings is 1. The molecule has 0 spiro atoms. The molecular weight excluding hydrogens is 168 g/mol. The van der Waals surface area contributed by atoms with Crippen LogP contribution in [0.15, 0.2) is 0 Å². The van der Waals surface area contributed by atoms with Crippen LogP contribution < -0.4 is 0 Å². The number of aliphatic hydroxyl groups excluding tert-OH is 1. The van der Waals surface area contributed by atoms with Crippen LogP contribution in [-0.2, 0) is 4.79 Å². The van der Waals surface area contributed by atoms with Crippen LogP contribution >= 0.6 is 0 Å². The summed E-state index contributed by atoms with van der Waals surface area (Å²) >= 11 is 0. The molecule has 13 heavy (non-hydrogen) atoms. The van der Waals surface area contributed by atoms with Gasteiger partial charge in [-0.2, -0.15) is 0 Å². The molecule has 1 aliphatic heterocycles. The van der Waals surface area contributed by atoms with E-state index in [0.29, 0.717) is 6.54 Å². The van der Waals surface area contributed by atoms with Crippen molar-refractivity contribution in [3.05, 3.63) is 11.4 Å². The highest BCUT2D eigenvalue weighted by Gasteiger charge is 2.26. The van der Waals surface area contributed by atoms with Crippen LogP contribution in [0.2, 0.25) is 0 Å². The molecule has 1 heterocycles. The van der Waals surface area contributed by atoms with E-state index in [1.807, 2.05) is 0 Å². The lowest BCUT2D eigenvalue weighted by Crippen LogP contribution is -2.46. The maximum absolute atomic E-state index is 11.4. The smallest absolute Gasteiger partial charge is 0.303 e. The summed E-state index contributed by atoms with van der Waals surface area (Å²) < 4.78 is 0. The van der Waals surface area contributed by atoms with Gasteiger partial charge in [-0.3, -0.25) is 4.79 Å². The summed E-state index contributed by atoms with van der Waals surface area (Å²) in [6.07, 6.45) is 2.91. The zero-order valence-electron chi connectivity index (χ0n) is 7.57. The van der Waals surface area contributed by atoms with Gasteiger partial charge in [0.2, 0.25) is 0 Å². The highest BCUT2D eigenvalue weighted by Crippen LogP contribution is 2.16. The molecular formula is C9H14N2O2. The topological polar surface area (TPSA) is 44.9 Å². The third-order valence-electron chi connectivity index (χ3n) is 2.37. The van der Waals surface area contributed by atoms with Crippen molar-refractivity contribution in [3.8, 4) is 0 Å². The minimum Gasteiger partial charge on any atom is -0.394 e. The number of hydrogen-bond acceptors (Lipinski definition) is 2. The Hall–Kier alpha value is -1.08. The molecule has 0 aromatic carbocycles. The van der Waals surface area contributed by atoms with E-state index in [1.165, 1.54) is 0 Å². The summed E-state index contributed by atoms with van der Waals surface area (Å²) in [5.41, 5.74) is 0. The third-order valence-corrected chi connectivity index (χ3v) is 2.37. The maximum atomic E-state index is 11.4. The summed E-state index contributed by atoms with van der Waals surface area (Å²) in [7, 11) is 0. The molecule has 72 valence electrons. The Labute approximate surface area is 78.0 Å². The molecule has 1 unspecified atom stereocenters. The van der Waals surface area contributed by atoms with Gasteiger partial charge < -0.3 is 14.9 Å². The van der Waals surface area contributed by atoms with Crippen molar-refractivity contribution in [3.63, 3.8) is 0 Å². The fraction of sp³-hybridized carbons (Fsp3) is 0.778. The van der Waals surface area contributed by atoms with E-state index in [2.05, 4.69) is 4.85 Å². The summed E-state index contributed by atoms with van der Waals surface area (Å²) in [5.74, 6) is -0.145. The van der Waals surface area contributed by atoms with E-state index in [9.17, 15) is 4.79 Å². The van der Waals surface area contributed by atoms with Crippen molar-refractivity contribution >= 4 is 5.91 Å². The van der Waals surface area contributed by atoms with Crippen LogP contribution in [0.25, 0.3) is 4.85 Å². The third kappa shape index (κ3) is 2.43. The van der Waals surface area contributed by atoms with Crippen LogP contribution in [0.1, 0.15) is 19.3 Å². The van der Waals surface area contributed by atoms with E-state index in [4.69, 9.17) is 11.7 Å². The second-order valence-electron chi connectivity index (χ2n) is 3.24. The lowest BCUT2D eigenvalue weighted by molar-refractivity contribution is -0.133. The van der Waals surface area contributed by atoms with E-state index in [-0.39, 0.29) is 25.1 Å². The first-order chi connectivity index (χ1) is 6.29. The second kappa shape index (κ2) is 4.83. The van der Waals surface area contributed by atoms with E-state index >= 15 is 0 Å². The van der Waals surface area contributed by atoms with E-state index < -0.39 is 0 Å². The van der Waals surface area contributed by atoms with Gasteiger partial charge >= 0.3 is 5.91 Å². The van der Waals surface area contributed by atoms with Gasteiger partial charge in [0.1, 0.15) is 0 Å². The molecule has 1 N–H and O–H groups in total.